The van der Waals surface area contributed by atoms with Crippen molar-refractivity contribution >= 4 is 0 Å². The summed E-state index contributed by atoms with van der Waals surface area (Å²) in [6, 6.07) is 2.38. The Kier molecular flexibility index (Phi) is 1.82. The largest absolute Gasteiger partial charge is 0.372 e. The summed E-state index contributed by atoms with van der Waals surface area (Å²) in [5.74, 6) is 0. The van der Waals surface area contributed by atoms with Gasteiger partial charge in [-0.2, -0.15) is 5.26 Å². The van der Waals surface area contributed by atoms with Gasteiger partial charge in [-0.25, -0.2) is 0 Å². The van der Waals surface area contributed by atoms with Crippen molar-refractivity contribution in [2.45, 2.75) is 19.4 Å². The molecule has 1 unspecified atom stereocenters. The lowest BCUT2D eigenvalue weighted by molar-refractivity contribution is 0.270. The molecule has 2 rings (SSSR count). The van der Waals surface area contributed by atoms with E-state index < -0.39 is 0 Å². The standard InChI is InChI=1S/C9H14N2O/c1-9(6-10)2-3-11(7-9)4-8-5-12-8/h8H,2-5,7H2,1H3/t8-,9?/m0/s1. The second kappa shape index (κ2) is 2.72. The zero-order valence-electron chi connectivity index (χ0n) is 7.42. The van der Waals surface area contributed by atoms with Crippen molar-refractivity contribution in [1.82, 2.24) is 4.90 Å². The molecule has 2 aliphatic heterocycles. The van der Waals surface area contributed by atoms with Crippen molar-refractivity contribution < 1.29 is 4.74 Å². The monoisotopic (exact) mass is 166 g/mol. The van der Waals surface area contributed by atoms with Gasteiger partial charge in [-0.1, -0.05) is 0 Å². The quantitative estimate of drug-likeness (QED) is 0.564. The number of epoxide rings is 1. The smallest absolute Gasteiger partial charge is 0.0936 e. The van der Waals surface area contributed by atoms with Gasteiger partial charge in [0.15, 0.2) is 0 Å². The van der Waals surface area contributed by atoms with E-state index in [4.69, 9.17) is 10.00 Å². The second-order valence-electron chi connectivity index (χ2n) is 4.11. The summed E-state index contributed by atoms with van der Waals surface area (Å²) in [7, 11) is 0. The predicted octanol–water partition coefficient (Wildman–Crippen LogP) is 0.621. The van der Waals surface area contributed by atoms with E-state index in [9.17, 15) is 0 Å². The Morgan fingerprint density at radius 1 is 1.75 bits per heavy atom. The Morgan fingerprint density at radius 3 is 3.00 bits per heavy atom. The van der Waals surface area contributed by atoms with Gasteiger partial charge in [0.25, 0.3) is 0 Å². The summed E-state index contributed by atoms with van der Waals surface area (Å²) in [6.07, 6.45) is 1.47. The number of hydrogen-bond donors (Lipinski definition) is 0. The van der Waals surface area contributed by atoms with E-state index in [0.29, 0.717) is 6.10 Å². The van der Waals surface area contributed by atoms with Crippen LogP contribution in [0.5, 0.6) is 0 Å². The fraction of sp³-hybridized carbons (Fsp3) is 0.889. The van der Waals surface area contributed by atoms with Crippen LogP contribution in [-0.4, -0.2) is 37.2 Å². The number of nitriles is 1. The first-order chi connectivity index (χ1) is 5.72. The summed E-state index contributed by atoms with van der Waals surface area (Å²) in [5.41, 5.74) is -0.102. The summed E-state index contributed by atoms with van der Waals surface area (Å²) in [4.78, 5) is 2.33. The summed E-state index contributed by atoms with van der Waals surface area (Å²) < 4.78 is 5.15. The molecule has 0 amide bonds. The van der Waals surface area contributed by atoms with Gasteiger partial charge in [-0.15, -0.1) is 0 Å². The first-order valence-electron chi connectivity index (χ1n) is 4.47. The van der Waals surface area contributed by atoms with Crippen LogP contribution in [0.3, 0.4) is 0 Å². The number of rotatable bonds is 2. The third kappa shape index (κ3) is 1.60. The lowest BCUT2D eigenvalue weighted by Crippen LogP contribution is -2.27. The fourth-order valence-corrected chi connectivity index (χ4v) is 1.77. The molecular weight excluding hydrogens is 152 g/mol. The van der Waals surface area contributed by atoms with Gasteiger partial charge in [0.1, 0.15) is 0 Å². The number of likely N-dealkylation sites (tertiary alicyclic amines) is 1. The van der Waals surface area contributed by atoms with Crippen molar-refractivity contribution in [3.63, 3.8) is 0 Å². The van der Waals surface area contributed by atoms with Crippen molar-refractivity contribution in [2.24, 2.45) is 5.41 Å². The lowest BCUT2D eigenvalue weighted by Gasteiger charge is -2.16. The second-order valence-corrected chi connectivity index (χ2v) is 4.11. The molecule has 0 saturated carbocycles. The summed E-state index contributed by atoms with van der Waals surface area (Å²) in [6.45, 7) is 5.96. The van der Waals surface area contributed by atoms with Crippen LogP contribution in [0.2, 0.25) is 0 Å². The Labute approximate surface area is 72.9 Å². The number of nitrogens with zero attached hydrogens (tertiary/aromatic N) is 2. The molecule has 12 heavy (non-hydrogen) atoms. The molecule has 0 radical (unpaired) electrons. The zero-order valence-corrected chi connectivity index (χ0v) is 7.42. The highest BCUT2D eigenvalue weighted by Crippen LogP contribution is 2.29. The minimum atomic E-state index is -0.102. The van der Waals surface area contributed by atoms with Crippen LogP contribution < -0.4 is 0 Å². The molecule has 2 fully saturated rings. The zero-order chi connectivity index (χ0) is 8.60. The maximum Gasteiger partial charge on any atom is 0.0936 e. The molecule has 3 nitrogen and oxygen atoms in total. The van der Waals surface area contributed by atoms with Crippen LogP contribution in [0.1, 0.15) is 13.3 Å². The van der Waals surface area contributed by atoms with E-state index in [1.807, 2.05) is 6.92 Å². The molecule has 0 aromatic heterocycles. The number of hydrogen-bond acceptors (Lipinski definition) is 3. The minimum Gasteiger partial charge on any atom is -0.372 e. The topological polar surface area (TPSA) is 39.6 Å². The molecule has 0 aromatic rings. The molecule has 0 spiro atoms. The van der Waals surface area contributed by atoms with Gasteiger partial charge in [0.2, 0.25) is 0 Å². The first kappa shape index (κ1) is 8.03. The van der Waals surface area contributed by atoms with Crippen molar-refractivity contribution in [2.75, 3.05) is 26.2 Å². The van der Waals surface area contributed by atoms with E-state index in [-0.39, 0.29) is 5.41 Å². The lowest BCUT2D eigenvalue weighted by atomic mass is 9.92. The molecule has 3 heteroatoms. The highest BCUT2D eigenvalue weighted by atomic mass is 16.6. The third-order valence-corrected chi connectivity index (χ3v) is 2.69. The highest BCUT2D eigenvalue weighted by molar-refractivity contribution is 5.02. The van der Waals surface area contributed by atoms with Crippen molar-refractivity contribution in [3.05, 3.63) is 0 Å². The minimum absolute atomic E-state index is 0.102. The fourth-order valence-electron chi connectivity index (χ4n) is 1.77. The van der Waals surface area contributed by atoms with E-state index >= 15 is 0 Å². The van der Waals surface area contributed by atoms with E-state index in [0.717, 1.165) is 32.7 Å². The Balaban J connectivity index is 1.85. The molecule has 0 aliphatic carbocycles. The van der Waals surface area contributed by atoms with Crippen LogP contribution in [0, 0.1) is 16.7 Å². The van der Waals surface area contributed by atoms with Crippen LogP contribution in [0.4, 0.5) is 0 Å². The number of ether oxygens (including phenoxy) is 1. The average Bonchev–Trinajstić information content (AvgIpc) is 2.77. The molecule has 2 aliphatic rings. The van der Waals surface area contributed by atoms with Crippen molar-refractivity contribution in [1.29, 1.82) is 5.26 Å². The van der Waals surface area contributed by atoms with Gasteiger partial charge in [0, 0.05) is 13.1 Å². The summed E-state index contributed by atoms with van der Waals surface area (Å²) >= 11 is 0. The van der Waals surface area contributed by atoms with Gasteiger partial charge in [-0.3, -0.25) is 4.90 Å². The predicted molar refractivity (Wildman–Crippen MR) is 44.5 cm³/mol. The van der Waals surface area contributed by atoms with Crippen LogP contribution >= 0.6 is 0 Å². The molecule has 0 aromatic carbocycles. The normalized spacial score (nSPS) is 41.2. The van der Waals surface area contributed by atoms with E-state index in [1.54, 1.807) is 0 Å². The van der Waals surface area contributed by atoms with Crippen LogP contribution in [0.15, 0.2) is 0 Å². The van der Waals surface area contributed by atoms with E-state index in [1.165, 1.54) is 0 Å². The third-order valence-electron chi connectivity index (χ3n) is 2.69. The molecule has 2 atom stereocenters. The molecule has 0 N–H and O–H groups in total. The van der Waals surface area contributed by atoms with Crippen LogP contribution in [-0.2, 0) is 4.74 Å². The van der Waals surface area contributed by atoms with Gasteiger partial charge in [-0.05, 0) is 19.9 Å². The SMILES string of the molecule is CC1(C#N)CCN(C[C@H]2CO2)C1. The Hall–Kier alpha value is -0.590. The van der Waals surface area contributed by atoms with Gasteiger partial charge in [0.05, 0.1) is 24.2 Å². The van der Waals surface area contributed by atoms with Crippen LogP contribution in [0.25, 0.3) is 0 Å². The molecule has 66 valence electrons. The maximum atomic E-state index is 8.88. The Bertz CT molecular complexity index is 219. The maximum absolute atomic E-state index is 8.88. The van der Waals surface area contributed by atoms with Gasteiger partial charge >= 0.3 is 0 Å². The molecule has 0 bridgehead atoms. The first-order valence-corrected chi connectivity index (χ1v) is 4.47. The van der Waals surface area contributed by atoms with Crippen molar-refractivity contribution in [3.8, 4) is 6.07 Å². The summed E-state index contributed by atoms with van der Waals surface area (Å²) in [5, 5.41) is 8.88. The molecule has 2 heterocycles. The molecule has 2 saturated heterocycles. The highest BCUT2D eigenvalue weighted by Gasteiger charge is 2.36. The average molecular weight is 166 g/mol. The van der Waals surface area contributed by atoms with Gasteiger partial charge < -0.3 is 4.74 Å². The molecular formula is C9H14N2O. The van der Waals surface area contributed by atoms with E-state index in [2.05, 4.69) is 11.0 Å². The Morgan fingerprint density at radius 2 is 2.50 bits per heavy atom.